The van der Waals surface area contributed by atoms with Crippen molar-refractivity contribution in [2.45, 2.75) is 44.7 Å². The second-order valence-corrected chi connectivity index (χ2v) is 5.74. The summed E-state index contributed by atoms with van der Waals surface area (Å²) in [4.78, 5) is 0.257. The second kappa shape index (κ2) is 5.61. The maximum atomic E-state index is 12.2. The van der Waals surface area contributed by atoms with Crippen molar-refractivity contribution in [3.05, 3.63) is 11.4 Å². The van der Waals surface area contributed by atoms with E-state index in [0.29, 0.717) is 17.9 Å². The molecular formula is C10H20N4O2S. The third-order valence-corrected chi connectivity index (χ3v) is 4.33. The lowest BCUT2D eigenvalue weighted by molar-refractivity contribution is 0.553. The summed E-state index contributed by atoms with van der Waals surface area (Å²) in [5.41, 5.74) is 1.08. The fraction of sp³-hybridized carbons (Fsp3) is 0.700. The van der Waals surface area contributed by atoms with Crippen LogP contribution in [0.5, 0.6) is 0 Å². The molecule has 1 atom stereocenters. The number of rotatable bonds is 6. The largest absolute Gasteiger partial charge is 0.314 e. The van der Waals surface area contributed by atoms with Crippen molar-refractivity contribution in [2.75, 3.05) is 7.05 Å². The first-order chi connectivity index (χ1) is 7.92. The Hall–Kier alpha value is -0.920. The number of nitrogens with zero attached hydrogens (tertiary/aromatic N) is 1. The van der Waals surface area contributed by atoms with Crippen molar-refractivity contribution >= 4 is 10.0 Å². The molecule has 0 aromatic carbocycles. The topological polar surface area (TPSA) is 86.9 Å². The minimum Gasteiger partial charge on any atom is -0.314 e. The number of aryl methyl sites for hydroxylation is 1. The maximum absolute atomic E-state index is 12.2. The molecule has 0 fully saturated rings. The van der Waals surface area contributed by atoms with Crippen LogP contribution >= 0.6 is 0 Å². The van der Waals surface area contributed by atoms with Gasteiger partial charge in [0.05, 0.1) is 11.4 Å². The van der Waals surface area contributed by atoms with Gasteiger partial charge in [0.15, 0.2) is 0 Å². The van der Waals surface area contributed by atoms with Crippen molar-refractivity contribution in [1.29, 1.82) is 0 Å². The fourth-order valence-electron chi connectivity index (χ4n) is 1.52. The van der Waals surface area contributed by atoms with Gasteiger partial charge in [-0.25, -0.2) is 13.1 Å². The lowest BCUT2D eigenvalue weighted by atomic mass is 10.3. The number of H-pyrrole nitrogens is 1. The van der Waals surface area contributed by atoms with Crippen LogP contribution in [0.4, 0.5) is 0 Å². The molecule has 1 heterocycles. The molecule has 0 amide bonds. The Labute approximate surface area is 102 Å². The first-order valence-electron chi connectivity index (χ1n) is 5.63. The summed E-state index contributed by atoms with van der Waals surface area (Å²) in [6.07, 6.45) is 0.748. The van der Waals surface area contributed by atoms with Crippen LogP contribution in [0, 0.1) is 6.92 Å². The number of hydrogen-bond acceptors (Lipinski definition) is 4. The molecule has 98 valence electrons. The van der Waals surface area contributed by atoms with E-state index in [4.69, 9.17) is 0 Å². The summed E-state index contributed by atoms with van der Waals surface area (Å²) < 4.78 is 27.0. The highest BCUT2D eigenvalue weighted by atomic mass is 32.2. The minimum absolute atomic E-state index is 0.0864. The van der Waals surface area contributed by atoms with Gasteiger partial charge in [-0.15, -0.1) is 0 Å². The molecule has 0 bridgehead atoms. The van der Waals surface area contributed by atoms with Crippen LogP contribution < -0.4 is 10.0 Å². The van der Waals surface area contributed by atoms with Crippen LogP contribution in [0.25, 0.3) is 0 Å². The molecule has 0 aliphatic carbocycles. The van der Waals surface area contributed by atoms with Gasteiger partial charge in [0.25, 0.3) is 0 Å². The van der Waals surface area contributed by atoms with Crippen LogP contribution in [0.3, 0.4) is 0 Å². The summed E-state index contributed by atoms with van der Waals surface area (Å²) in [5, 5.41) is 9.61. The number of aromatic nitrogens is 2. The Balaban J connectivity index is 3.09. The molecule has 1 aromatic rings. The van der Waals surface area contributed by atoms with E-state index in [-0.39, 0.29) is 10.9 Å². The van der Waals surface area contributed by atoms with Crippen molar-refractivity contribution in [3.63, 3.8) is 0 Å². The van der Waals surface area contributed by atoms with Crippen molar-refractivity contribution < 1.29 is 8.42 Å². The first-order valence-corrected chi connectivity index (χ1v) is 7.11. The third kappa shape index (κ3) is 3.27. The van der Waals surface area contributed by atoms with Crippen LogP contribution in [0.1, 0.15) is 31.7 Å². The summed E-state index contributed by atoms with van der Waals surface area (Å²) >= 11 is 0. The predicted molar refractivity (Wildman–Crippen MR) is 66.2 cm³/mol. The Morgan fingerprint density at radius 2 is 2.12 bits per heavy atom. The van der Waals surface area contributed by atoms with Gasteiger partial charge >= 0.3 is 0 Å². The van der Waals surface area contributed by atoms with Gasteiger partial charge in [0.1, 0.15) is 4.90 Å². The van der Waals surface area contributed by atoms with E-state index in [1.165, 1.54) is 0 Å². The lowest BCUT2D eigenvalue weighted by Gasteiger charge is -2.12. The van der Waals surface area contributed by atoms with Crippen molar-refractivity contribution in [1.82, 2.24) is 20.2 Å². The molecule has 0 radical (unpaired) electrons. The van der Waals surface area contributed by atoms with Crippen LogP contribution in [-0.2, 0) is 16.6 Å². The van der Waals surface area contributed by atoms with E-state index in [0.717, 1.165) is 6.42 Å². The molecule has 6 nitrogen and oxygen atoms in total. The van der Waals surface area contributed by atoms with E-state index in [1.54, 1.807) is 14.0 Å². The predicted octanol–water partition coefficient (Wildman–Crippen LogP) is 0.514. The van der Waals surface area contributed by atoms with Gasteiger partial charge in [0, 0.05) is 12.6 Å². The highest BCUT2D eigenvalue weighted by Crippen LogP contribution is 2.17. The van der Waals surface area contributed by atoms with Gasteiger partial charge in [-0.05, 0) is 27.3 Å². The average molecular weight is 260 g/mol. The van der Waals surface area contributed by atoms with Gasteiger partial charge < -0.3 is 5.32 Å². The zero-order valence-electron chi connectivity index (χ0n) is 10.7. The first kappa shape index (κ1) is 14.1. The molecule has 0 saturated carbocycles. The summed E-state index contributed by atoms with van der Waals surface area (Å²) in [6.45, 7) is 5.90. The van der Waals surface area contributed by atoms with E-state index in [2.05, 4.69) is 20.2 Å². The standard InChI is InChI=1S/C10H20N4O2S/c1-5-7(2)14-17(15,16)10-8(3)12-13-9(10)6-11-4/h7,11,14H,5-6H2,1-4H3,(H,12,13). The second-order valence-electron chi connectivity index (χ2n) is 4.09. The number of hydrogen-bond donors (Lipinski definition) is 3. The van der Waals surface area contributed by atoms with Crippen molar-refractivity contribution in [2.24, 2.45) is 0 Å². The Morgan fingerprint density at radius 3 is 2.65 bits per heavy atom. The Morgan fingerprint density at radius 1 is 1.47 bits per heavy atom. The van der Waals surface area contributed by atoms with Crippen LogP contribution in [0.2, 0.25) is 0 Å². The fourth-order valence-corrected chi connectivity index (χ4v) is 3.21. The summed E-state index contributed by atoms with van der Waals surface area (Å²) in [5.74, 6) is 0. The normalized spacial score (nSPS) is 13.9. The summed E-state index contributed by atoms with van der Waals surface area (Å²) in [6, 6.07) is -0.0864. The minimum atomic E-state index is -3.50. The van der Waals surface area contributed by atoms with Crippen LogP contribution in [-0.4, -0.2) is 31.7 Å². The molecule has 1 rings (SSSR count). The quantitative estimate of drug-likeness (QED) is 0.695. The number of aromatic amines is 1. The number of nitrogens with one attached hydrogen (secondary N) is 3. The Kier molecular flexibility index (Phi) is 4.67. The smallest absolute Gasteiger partial charge is 0.244 e. The maximum Gasteiger partial charge on any atom is 0.244 e. The summed E-state index contributed by atoms with van der Waals surface area (Å²) in [7, 11) is -1.74. The van der Waals surface area contributed by atoms with Crippen LogP contribution in [0.15, 0.2) is 4.90 Å². The molecular weight excluding hydrogens is 240 g/mol. The van der Waals surface area contributed by atoms with E-state index in [1.807, 2.05) is 13.8 Å². The lowest BCUT2D eigenvalue weighted by Crippen LogP contribution is -2.33. The molecule has 7 heteroatoms. The monoisotopic (exact) mass is 260 g/mol. The van der Waals surface area contributed by atoms with Crippen molar-refractivity contribution in [3.8, 4) is 0 Å². The molecule has 17 heavy (non-hydrogen) atoms. The van der Waals surface area contributed by atoms with Gasteiger partial charge in [-0.3, -0.25) is 5.10 Å². The molecule has 0 saturated heterocycles. The van der Waals surface area contributed by atoms with Gasteiger partial charge in [0.2, 0.25) is 10.0 Å². The average Bonchev–Trinajstić information content (AvgIpc) is 2.60. The number of sulfonamides is 1. The molecule has 1 aromatic heterocycles. The Bertz CT molecular complexity index is 467. The zero-order chi connectivity index (χ0) is 13.1. The van der Waals surface area contributed by atoms with E-state index >= 15 is 0 Å². The van der Waals surface area contributed by atoms with E-state index in [9.17, 15) is 8.42 Å². The highest BCUT2D eigenvalue weighted by Gasteiger charge is 2.24. The molecule has 0 aliphatic rings. The SMILES string of the molecule is CCC(C)NS(=O)(=O)c1c(CNC)n[nH]c1C. The highest BCUT2D eigenvalue weighted by molar-refractivity contribution is 7.89. The van der Waals surface area contributed by atoms with E-state index < -0.39 is 10.0 Å². The molecule has 0 aliphatic heterocycles. The molecule has 0 spiro atoms. The molecule has 1 unspecified atom stereocenters. The molecule has 3 N–H and O–H groups in total. The van der Waals surface area contributed by atoms with Gasteiger partial charge in [-0.1, -0.05) is 6.92 Å². The third-order valence-electron chi connectivity index (χ3n) is 2.54. The zero-order valence-corrected chi connectivity index (χ0v) is 11.5. The van der Waals surface area contributed by atoms with Gasteiger partial charge in [-0.2, -0.15) is 5.10 Å².